The third kappa shape index (κ3) is 2.28. The summed E-state index contributed by atoms with van der Waals surface area (Å²) in [5, 5.41) is 12.6. The third-order valence-corrected chi connectivity index (χ3v) is 3.67. The zero-order chi connectivity index (χ0) is 13.3. The van der Waals surface area contributed by atoms with Crippen LogP contribution in [0.4, 0.5) is 5.69 Å². The van der Waals surface area contributed by atoms with Crippen LogP contribution in [0.1, 0.15) is 25.3 Å². The molecule has 0 amide bonds. The van der Waals surface area contributed by atoms with Crippen molar-refractivity contribution in [3.8, 4) is 5.75 Å². The largest absolute Gasteiger partial charge is 0.497 e. The van der Waals surface area contributed by atoms with Crippen LogP contribution in [0.15, 0.2) is 18.2 Å². The lowest BCUT2D eigenvalue weighted by Crippen LogP contribution is -2.45. The van der Waals surface area contributed by atoms with Gasteiger partial charge in [0.1, 0.15) is 11.3 Å². The fourth-order valence-corrected chi connectivity index (χ4v) is 2.17. The van der Waals surface area contributed by atoms with Crippen LogP contribution in [0.25, 0.3) is 0 Å². The van der Waals surface area contributed by atoms with Gasteiger partial charge in [-0.05, 0) is 56.4 Å². The summed E-state index contributed by atoms with van der Waals surface area (Å²) in [4.78, 5) is 11.5. The minimum absolute atomic E-state index is 0.219. The predicted molar refractivity (Wildman–Crippen MR) is 70.1 cm³/mol. The number of carbonyl (C=O) groups is 1. The van der Waals surface area contributed by atoms with E-state index in [1.807, 2.05) is 25.1 Å². The van der Waals surface area contributed by atoms with Crippen LogP contribution in [0.3, 0.4) is 0 Å². The molecule has 0 saturated heterocycles. The molecule has 1 aliphatic carbocycles. The molecule has 2 rings (SSSR count). The molecule has 1 aliphatic rings. The van der Waals surface area contributed by atoms with E-state index in [0.717, 1.165) is 29.8 Å². The Morgan fingerprint density at radius 2 is 2.17 bits per heavy atom. The molecule has 2 N–H and O–H groups in total. The molecular weight excluding hydrogens is 230 g/mol. The lowest BCUT2D eigenvalue weighted by atomic mass is 9.95. The lowest BCUT2D eigenvalue weighted by Gasteiger charge is -2.28. The van der Waals surface area contributed by atoms with E-state index >= 15 is 0 Å². The minimum Gasteiger partial charge on any atom is -0.497 e. The standard InChI is InChI=1S/C14H19NO3/c1-9-8-11(18-3)6-7-12(9)15-14(2,13(16)17)10-4-5-10/h6-8,10,15H,4-5H2,1-3H3,(H,16,17). The second-order valence-corrected chi connectivity index (χ2v) is 5.09. The van der Waals surface area contributed by atoms with Crippen molar-refractivity contribution in [1.82, 2.24) is 0 Å². The van der Waals surface area contributed by atoms with Gasteiger partial charge in [0, 0.05) is 5.69 Å². The Morgan fingerprint density at radius 1 is 1.50 bits per heavy atom. The zero-order valence-corrected chi connectivity index (χ0v) is 11.0. The van der Waals surface area contributed by atoms with Crippen LogP contribution >= 0.6 is 0 Å². The van der Waals surface area contributed by atoms with Gasteiger partial charge < -0.3 is 15.2 Å². The maximum Gasteiger partial charge on any atom is 0.329 e. The molecule has 4 heteroatoms. The minimum atomic E-state index is -0.876. The number of methoxy groups -OCH3 is 1. The Hall–Kier alpha value is -1.71. The number of carboxylic acid groups (broad SMARTS) is 1. The highest BCUT2D eigenvalue weighted by Gasteiger charge is 2.47. The molecule has 0 radical (unpaired) electrons. The second kappa shape index (κ2) is 4.52. The van der Waals surface area contributed by atoms with E-state index in [0.29, 0.717) is 0 Å². The van der Waals surface area contributed by atoms with Crippen LogP contribution < -0.4 is 10.1 Å². The van der Waals surface area contributed by atoms with E-state index in [1.165, 1.54) is 0 Å². The predicted octanol–water partition coefficient (Wildman–Crippen LogP) is 2.67. The first-order valence-corrected chi connectivity index (χ1v) is 6.13. The first-order chi connectivity index (χ1) is 8.47. The van der Waals surface area contributed by atoms with Crippen LogP contribution in [-0.2, 0) is 4.79 Å². The van der Waals surface area contributed by atoms with E-state index in [4.69, 9.17) is 4.74 Å². The first-order valence-electron chi connectivity index (χ1n) is 6.13. The van der Waals surface area contributed by atoms with Gasteiger partial charge in [-0.15, -0.1) is 0 Å². The number of aliphatic carboxylic acids is 1. The lowest BCUT2D eigenvalue weighted by molar-refractivity contribution is -0.142. The maximum absolute atomic E-state index is 11.5. The quantitative estimate of drug-likeness (QED) is 0.842. The number of hydrogen-bond acceptors (Lipinski definition) is 3. The molecule has 18 heavy (non-hydrogen) atoms. The first kappa shape index (κ1) is 12.7. The van der Waals surface area contributed by atoms with E-state index in [2.05, 4.69) is 5.32 Å². The molecule has 1 fully saturated rings. The Morgan fingerprint density at radius 3 is 2.61 bits per heavy atom. The molecule has 98 valence electrons. The van der Waals surface area contributed by atoms with Crippen molar-refractivity contribution >= 4 is 11.7 Å². The van der Waals surface area contributed by atoms with Crippen LogP contribution in [0.5, 0.6) is 5.75 Å². The van der Waals surface area contributed by atoms with Crippen LogP contribution in [0.2, 0.25) is 0 Å². The van der Waals surface area contributed by atoms with Gasteiger partial charge in [0.25, 0.3) is 0 Å². The van der Waals surface area contributed by atoms with Gasteiger partial charge in [0.2, 0.25) is 0 Å². The monoisotopic (exact) mass is 249 g/mol. The number of carboxylic acids is 1. The third-order valence-electron chi connectivity index (χ3n) is 3.67. The molecule has 4 nitrogen and oxygen atoms in total. The van der Waals surface area contributed by atoms with Crippen molar-refractivity contribution in [2.75, 3.05) is 12.4 Å². The highest BCUT2D eigenvalue weighted by atomic mass is 16.5. The zero-order valence-electron chi connectivity index (χ0n) is 11.0. The van der Waals surface area contributed by atoms with Gasteiger partial charge in [0.05, 0.1) is 7.11 Å². The van der Waals surface area contributed by atoms with Gasteiger partial charge in [0.15, 0.2) is 0 Å². The summed E-state index contributed by atoms with van der Waals surface area (Å²) in [5.41, 5.74) is 0.967. The normalized spacial score (nSPS) is 17.9. The molecule has 1 aromatic rings. The van der Waals surface area contributed by atoms with Gasteiger partial charge in [-0.2, -0.15) is 0 Å². The molecule has 0 bridgehead atoms. The summed E-state index contributed by atoms with van der Waals surface area (Å²) in [7, 11) is 1.62. The van der Waals surface area contributed by atoms with E-state index < -0.39 is 11.5 Å². The van der Waals surface area contributed by atoms with Crippen molar-refractivity contribution in [3.63, 3.8) is 0 Å². The molecule has 1 aromatic carbocycles. The molecule has 0 aliphatic heterocycles. The molecule has 0 aromatic heterocycles. The van der Waals surface area contributed by atoms with Crippen LogP contribution in [-0.4, -0.2) is 23.7 Å². The average Bonchev–Trinajstić information content (AvgIpc) is 3.15. The highest BCUT2D eigenvalue weighted by Crippen LogP contribution is 2.42. The van der Waals surface area contributed by atoms with Crippen molar-refractivity contribution < 1.29 is 14.6 Å². The number of ether oxygens (including phenoxy) is 1. The molecule has 1 atom stereocenters. The summed E-state index contributed by atoms with van der Waals surface area (Å²) in [5.74, 6) is 0.207. The molecule has 1 unspecified atom stereocenters. The number of hydrogen-bond donors (Lipinski definition) is 2. The highest BCUT2D eigenvalue weighted by molar-refractivity contribution is 5.83. The van der Waals surface area contributed by atoms with Crippen LogP contribution in [0, 0.1) is 12.8 Å². The fourth-order valence-electron chi connectivity index (χ4n) is 2.17. The number of anilines is 1. The van der Waals surface area contributed by atoms with E-state index in [9.17, 15) is 9.90 Å². The number of rotatable bonds is 5. The van der Waals surface area contributed by atoms with E-state index in [1.54, 1.807) is 14.0 Å². The average molecular weight is 249 g/mol. The van der Waals surface area contributed by atoms with Crippen molar-refractivity contribution in [3.05, 3.63) is 23.8 Å². The summed E-state index contributed by atoms with van der Waals surface area (Å²) in [6, 6.07) is 5.61. The summed E-state index contributed by atoms with van der Waals surface area (Å²) in [6.07, 6.45) is 1.95. The SMILES string of the molecule is COc1ccc(NC(C)(C(=O)O)C2CC2)c(C)c1. The summed E-state index contributed by atoms with van der Waals surface area (Å²) < 4.78 is 5.14. The molecular formula is C14H19NO3. The Labute approximate surface area is 107 Å². The second-order valence-electron chi connectivity index (χ2n) is 5.09. The number of nitrogens with one attached hydrogen (secondary N) is 1. The molecule has 1 saturated carbocycles. The smallest absolute Gasteiger partial charge is 0.329 e. The Kier molecular flexibility index (Phi) is 3.20. The van der Waals surface area contributed by atoms with Crippen molar-refractivity contribution in [1.29, 1.82) is 0 Å². The Balaban J connectivity index is 2.24. The molecule has 0 spiro atoms. The molecule has 0 heterocycles. The number of aryl methyl sites for hydroxylation is 1. The van der Waals surface area contributed by atoms with E-state index in [-0.39, 0.29) is 5.92 Å². The summed E-state index contributed by atoms with van der Waals surface area (Å²) in [6.45, 7) is 3.71. The van der Waals surface area contributed by atoms with Gasteiger partial charge in [-0.25, -0.2) is 4.79 Å². The summed E-state index contributed by atoms with van der Waals surface area (Å²) >= 11 is 0. The topological polar surface area (TPSA) is 58.6 Å². The van der Waals surface area contributed by atoms with Crippen molar-refractivity contribution in [2.45, 2.75) is 32.2 Å². The van der Waals surface area contributed by atoms with Crippen molar-refractivity contribution in [2.24, 2.45) is 5.92 Å². The van der Waals surface area contributed by atoms with Gasteiger partial charge in [-0.1, -0.05) is 0 Å². The fraction of sp³-hybridized carbons (Fsp3) is 0.500. The number of benzene rings is 1. The maximum atomic E-state index is 11.5. The van der Waals surface area contributed by atoms with Gasteiger partial charge >= 0.3 is 5.97 Å². The van der Waals surface area contributed by atoms with Gasteiger partial charge in [-0.3, -0.25) is 0 Å². The Bertz CT molecular complexity index is 468.